The zero-order chi connectivity index (χ0) is 25.3. The lowest BCUT2D eigenvalue weighted by Gasteiger charge is -2.40. The summed E-state index contributed by atoms with van der Waals surface area (Å²) in [6, 6.07) is 19.0. The molecule has 0 aliphatic carbocycles. The van der Waals surface area contributed by atoms with Gasteiger partial charge in [-0.05, 0) is 35.9 Å². The summed E-state index contributed by atoms with van der Waals surface area (Å²) in [5, 5.41) is 5.42. The Hall–Kier alpha value is -4.11. The van der Waals surface area contributed by atoms with Crippen LogP contribution in [0.25, 0.3) is 0 Å². The van der Waals surface area contributed by atoms with Gasteiger partial charge < -0.3 is 25.0 Å². The van der Waals surface area contributed by atoms with Gasteiger partial charge in [-0.2, -0.15) is 0 Å². The Bertz CT molecular complexity index is 1150. The number of nitrogens with zero attached hydrogens (tertiary/aromatic N) is 3. The van der Waals surface area contributed by atoms with Gasteiger partial charge in [0.25, 0.3) is 0 Å². The minimum Gasteiger partial charge on any atom is -0.493 e. The lowest BCUT2D eigenvalue weighted by atomic mass is 10.1. The molecule has 1 aromatic heterocycles. The molecule has 0 saturated carbocycles. The number of para-hydroxylation sites is 1. The molecule has 2 N–H and O–H groups in total. The molecule has 1 saturated heterocycles. The Morgan fingerprint density at radius 2 is 1.67 bits per heavy atom. The Balaban J connectivity index is 1.38. The molecule has 2 aromatic carbocycles. The summed E-state index contributed by atoms with van der Waals surface area (Å²) < 4.78 is 10.5. The van der Waals surface area contributed by atoms with Gasteiger partial charge in [0.2, 0.25) is 0 Å². The minimum atomic E-state index is -0.749. The number of nitrogens with one attached hydrogen (secondary N) is 2. The van der Waals surface area contributed by atoms with Crippen LogP contribution in [0, 0.1) is 0 Å². The number of ether oxygens (including phenoxy) is 2. The lowest BCUT2D eigenvalue weighted by molar-refractivity contribution is -0.136. The zero-order valence-corrected chi connectivity index (χ0v) is 20.5. The van der Waals surface area contributed by atoms with Crippen LogP contribution in [0.15, 0.2) is 73.1 Å². The first-order valence-corrected chi connectivity index (χ1v) is 11.8. The van der Waals surface area contributed by atoms with Gasteiger partial charge in [-0.1, -0.05) is 24.3 Å². The van der Waals surface area contributed by atoms with Gasteiger partial charge in [-0.15, -0.1) is 0 Å². The van der Waals surface area contributed by atoms with E-state index < -0.39 is 11.8 Å². The molecule has 1 aliphatic rings. The molecule has 2 heterocycles. The molecule has 0 bridgehead atoms. The molecule has 1 unspecified atom stereocenters. The number of anilines is 2. The molecule has 9 nitrogen and oxygen atoms in total. The van der Waals surface area contributed by atoms with Crippen molar-refractivity contribution in [2.45, 2.75) is 6.04 Å². The van der Waals surface area contributed by atoms with E-state index in [0.29, 0.717) is 17.2 Å². The molecule has 1 aliphatic heterocycles. The molecule has 3 aromatic rings. The number of amides is 2. The molecule has 1 atom stereocenters. The molecule has 36 heavy (non-hydrogen) atoms. The van der Waals surface area contributed by atoms with Crippen molar-refractivity contribution in [3.05, 3.63) is 78.6 Å². The third kappa shape index (κ3) is 6.11. The molecule has 1 fully saturated rings. The van der Waals surface area contributed by atoms with E-state index in [0.717, 1.165) is 31.7 Å². The van der Waals surface area contributed by atoms with Crippen LogP contribution in [-0.2, 0) is 9.59 Å². The number of hydrogen-bond acceptors (Lipinski definition) is 7. The average molecular weight is 490 g/mol. The second kappa shape index (κ2) is 12.0. The van der Waals surface area contributed by atoms with Gasteiger partial charge >= 0.3 is 11.8 Å². The molecular formula is C27H31N5O4. The smallest absolute Gasteiger partial charge is 0.313 e. The Labute approximate surface area is 211 Å². The summed E-state index contributed by atoms with van der Waals surface area (Å²) in [6.45, 7) is 3.67. The summed E-state index contributed by atoms with van der Waals surface area (Å²) in [4.78, 5) is 34.2. The number of methoxy groups -OCH3 is 2. The largest absolute Gasteiger partial charge is 0.493 e. The Kier molecular flexibility index (Phi) is 8.36. The van der Waals surface area contributed by atoms with Gasteiger partial charge in [-0.25, -0.2) is 0 Å². The summed E-state index contributed by atoms with van der Waals surface area (Å²) >= 11 is 0. The number of pyridine rings is 1. The van der Waals surface area contributed by atoms with Crippen LogP contribution >= 0.6 is 0 Å². The number of hydrogen-bond donors (Lipinski definition) is 2. The van der Waals surface area contributed by atoms with Crippen molar-refractivity contribution in [1.82, 2.24) is 15.2 Å². The quantitative estimate of drug-likeness (QED) is 0.470. The monoisotopic (exact) mass is 489 g/mol. The number of rotatable bonds is 8. The predicted molar refractivity (Wildman–Crippen MR) is 138 cm³/mol. The highest BCUT2D eigenvalue weighted by atomic mass is 16.5. The van der Waals surface area contributed by atoms with Gasteiger partial charge in [0.1, 0.15) is 0 Å². The van der Waals surface area contributed by atoms with Crippen LogP contribution in [-0.4, -0.2) is 68.6 Å². The fourth-order valence-corrected chi connectivity index (χ4v) is 4.33. The SMILES string of the molecule is COc1ccc(NC(=O)C(=O)NCC(c2cccnc2)N2CCN(c3ccccc3)CC2)cc1OC. The molecule has 0 spiro atoms. The van der Waals surface area contributed by atoms with Crippen LogP contribution in [0.5, 0.6) is 11.5 Å². The topological polar surface area (TPSA) is 96.0 Å². The summed E-state index contributed by atoms with van der Waals surface area (Å²) in [7, 11) is 3.04. The minimum absolute atomic E-state index is 0.102. The third-order valence-corrected chi connectivity index (χ3v) is 6.25. The molecular weight excluding hydrogens is 458 g/mol. The normalized spacial score (nSPS) is 14.6. The van der Waals surface area contributed by atoms with Crippen LogP contribution in [0.4, 0.5) is 11.4 Å². The van der Waals surface area contributed by atoms with Crippen molar-refractivity contribution in [3.8, 4) is 11.5 Å². The zero-order valence-electron chi connectivity index (χ0n) is 20.5. The maximum absolute atomic E-state index is 12.7. The lowest BCUT2D eigenvalue weighted by Crippen LogP contribution is -2.50. The molecule has 4 rings (SSSR count). The van der Waals surface area contributed by atoms with Crippen LogP contribution in [0.2, 0.25) is 0 Å². The van der Waals surface area contributed by atoms with Gasteiger partial charge in [0.05, 0.1) is 20.3 Å². The van der Waals surface area contributed by atoms with Crippen molar-refractivity contribution in [2.24, 2.45) is 0 Å². The fraction of sp³-hybridized carbons (Fsp3) is 0.296. The van der Waals surface area contributed by atoms with E-state index in [9.17, 15) is 9.59 Å². The van der Waals surface area contributed by atoms with E-state index in [4.69, 9.17) is 9.47 Å². The van der Waals surface area contributed by atoms with E-state index in [2.05, 4.69) is 37.6 Å². The average Bonchev–Trinajstić information content (AvgIpc) is 2.94. The predicted octanol–water partition coefficient (Wildman–Crippen LogP) is 2.72. The molecule has 9 heteroatoms. The molecule has 2 amide bonds. The van der Waals surface area contributed by atoms with E-state index in [1.165, 1.54) is 19.9 Å². The molecule has 0 radical (unpaired) electrons. The van der Waals surface area contributed by atoms with Crippen molar-refractivity contribution < 1.29 is 19.1 Å². The van der Waals surface area contributed by atoms with E-state index in [1.807, 2.05) is 36.5 Å². The van der Waals surface area contributed by atoms with Gasteiger partial charge in [0.15, 0.2) is 11.5 Å². The number of aromatic nitrogens is 1. The highest BCUT2D eigenvalue weighted by molar-refractivity contribution is 6.39. The Morgan fingerprint density at radius 3 is 2.33 bits per heavy atom. The first-order chi connectivity index (χ1) is 17.6. The highest BCUT2D eigenvalue weighted by Gasteiger charge is 2.27. The summed E-state index contributed by atoms with van der Waals surface area (Å²) in [5.41, 5.74) is 2.63. The van der Waals surface area contributed by atoms with Crippen LogP contribution in [0.3, 0.4) is 0 Å². The first-order valence-electron chi connectivity index (χ1n) is 11.8. The second-order valence-electron chi connectivity index (χ2n) is 8.39. The maximum atomic E-state index is 12.7. The maximum Gasteiger partial charge on any atom is 0.313 e. The number of carbonyl (C=O) groups is 2. The highest BCUT2D eigenvalue weighted by Crippen LogP contribution is 2.29. The Morgan fingerprint density at radius 1 is 0.917 bits per heavy atom. The van der Waals surface area contributed by atoms with Crippen molar-refractivity contribution in [3.63, 3.8) is 0 Å². The summed E-state index contributed by atoms with van der Waals surface area (Å²) in [6.07, 6.45) is 3.53. The van der Waals surface area contributed by atoms with E-state index >= 15 is 0 Å². The van der Waals surface area contributed by atoms with Crippen LogP contribution < -0.4 is 25.0 Å². The van der Waals surface area contributed by atoms with Crippen molar-refractivity contribution in [2.75, 3.05) is 57.2 Å². The van der Waals surface area contributed by atoms with Gasteiger partial charge in [0, 0.05) is 62.6 Å². The molecule has 188 valence electrons. The summed E-state index contributed by atoms with van der Waals surface area (Å²) in [5.74, 6) is -0.462. The number of benzene rings is 2. The third-order valence-electron chi connectivity index (χ3n) is 6.25. The van der Waals surface area contributed by atoms with Gasteiger partial charge in [-0.3, -0.25) is 19.5 Å². The number of piperazine rings is 1. The van der Waals surface area contributed by atoms with E-state index in [1.54, 1.807) is 24.4 Å². The van der Waals surface area contributed by atoms with E-state index in [-0.39, 0.29) is 12.6 Å². The number of carbonyl (C=O) groups excluding carboxylic acids is 2. The van der Waals surface area contributed by atoms with Crippen molar-refractivity contribution >= 4 is 23.2 Å². The van der Waals surface area contributed by atoms with Crippen molar-refractivity contribution in [1.29, 1.82) is 0 Å². The van der Waals surface area contributed by atoms with Crippen LogP contribution in [0.1, 0.15) is 11.6 Å². The second-order valence-corrected chi connectivity index (χ2v) is 8.39. The fourth-order valence-electron chi connectivity index (χ4n) is 4.33. The first kappa shape index (κ1) is 25.0. The standard InChI is InChI=1S/C27H31N5O4/c1-35-24-11-10-21(17-25(24)36-2)30-27(34)26(33)29-19-23(20-7-6-12-28-18-20)32-15-13-31(14-16-32)22-8-4-3-5-9-22/h3-12,17-18,23H,13-16,19H2,1-2H3,(H,29,33)(H,30,34).